The van der Waals surface area contributed by atoms with E-state index in [9.17, 15) is 9.59 Å². The predicted molar refractivity (Wildman–Crippen MR) is 362 cm³/mol. The van der Waals surface area contributed by atoms with E-state index < -0.39 is 0 Å². The van der Waals surface area contributed by atoms with Crippen LogP contribution in [0.25, 0.3) is 0 Å². The van der Waals surface area contributed by atoms with Crippen molar-refractivity contribution in [2.45, 2.75) is 366 Å². The molecule has 2 heteroatoms. The lowest BCUT2D eigenvalue weighted by molar-refractivity contribution is -0.152. The second-order valence-corrected chi connectivity index (χ2v) is 37.7. The molecule has 2 nitrogen and oxygen atoms in total. The predicted octanol–water partition coefficient (Wildman–Crippen LogP) is 24.4. The van der Waals surface area contributed by atoms with Crippen LogP contribution in [0.3, 0.4) is 0 Å². The summed E-state index contributed by atoms with van der Waals surface area (Å²) in [5, 5.41) is 0. The van der Waals surface area contributed by atoms with Gasteiger partial charge < -0.3 is 0 Å². The number of carbonyl (C=O) groups excluding carboxylic acids is 2. The van der Waals surface area contributed by atoms with Gasteiger partial charge in [-0.3, -0.25) is 9.59 Å². The van der Waals surface area contributed by atoms with Gasteiger partial charge in [-0.05, 0) is 292 Å². The van der Waals surface area contributed by atoms with Crippen molar-refractivity contribution in [3.05, 3.63) is 12.2 Å². The SMILES string of the molecule is C1=CC2CCC1CC2.C1CC2CC1C1C3CCC(C3)C21.C1CC2CCC1C2.C1CC2CCC1CC2.C1CCC1.C1CCCC1.C1CCCCC1.O=C1C2(CCC13CC1CCC3C1)CC1CCC2C1.O=C1C2(CCCC13CC1CCC3C1)CC1CCC2C1. The summed E-state index contributed by atoms with van der Waals surface area (Å²) in [5.41, 5.74) is 0.776. The van der Waals surface area contributed by atoms with Crippen LogP contribution in [0.2, 0.25) is 0 Å². The molecule has 16 atom stereocenters. The highest BCUT2D eigenvalue weighted by Gasteiger charge is 2.69. The van der Waals surface area contributed by atoms with Gasteiger partial charge in [0, 0.05) is 21.7 Å². The third-order valence-corrected chi connectivity index (χ3v) is 33.4. The minimum absolute atomic E-state index is 0.186. The first-order chi connectivity index (χ1) is 42.7. The molecular formula is C85H136O2. The van der Waals surface area contributed by atoms with Gasteiger partial charge >= 0.3 is 0 Å². The van der Waals surface area contributed by atoms with Crippen LogP contribution in [0.1, 0.15) is 366 Å². The molecule has 25 aliphatic rings. The van der Waals surface area contributed by atoms with E-state index in [1.807, 2.05) is 0 Å². The van der Waals surface area contributed by atoms with Gasteiger partial charge in [-0.1, -0.05) is 205 Å². The third kappa shape index (κ3) is 12.7. The molecule has 0 heterocycles. The Kier molecular flexibility index (Phi) is 19.6. The minimum atomic E-state index is 0.186. The highest BCUT2D eigenvalue weighted by molar-refractivity contribution is 5.94. The smallest absolute Gasteiger partial charge is 0.145 e. The highest BCUT2D eigenvalue weighted by atomic mass is 16.1. The lowest BCUT2D eigenvalue weighted by Gasteiger charge is -2.50. The van der Waals surface area contributed by atoms with Crippen LogP contribution in [-0.2, 0) is 9.59 Å². The maximum Gasteiger partial charge on any atom is 0.145 e. The van der Waals surface area contributed by atoms with E-state index in [-0.39, 0.29) is 21.7 Å². The van der Waals surface area contributed by atoms with Crippen LogP contribution in [0.5, 0.6) is 0 Å². The van der Waals surface area contributed by atoms with Crippen molar-refractivity contribution in [2.75, 3.05) is 0 Å². The van der Waals surface area contributed by atoms with Crippen molar-refractivity contribution in [1.82, 2.24) is 0 Å². The zero-order chi connectivity index (χ0) is 58.4. The van der Waals surface area contributed by atoms with E-state index in [1.165, 1.54) is 304 Å². The zero-order valence-electron chi connectivity index (χ0n) is 56.8. The number of hydrogen-bond acceptors (Lipinski definition) is 2. The fraction of sp³-hybridized carbons (Fsp3) is 0.953. The quantitative estimate of drug-likeness (QED) is 0.179. The Hall–Kier alpha value is -0.920. The number of allylic oxidation sites excluding steroid dienone is 2. The largest absolute Gasteiger partial charge is 0.298 e. The molecule has 16 unspecified atom stereocenters. The number of fused-ring (bicyclic) bond motifs is 28. The Balaban J connectivity index is 0.0000000864. The van der Waals surface area contributed by atoms with Gasteiger partial charge in [0.05, 0.1) is 0 Å². The van der Waals surface area contributed by atoms with Crippen molar-refractivity contribution < 1.29 is 9.59 Å². The normalized spacial score (nSPS) is 50.6. The van der Waals surface area contributed by atoms with Gasteiger partial charge in [-0.15, -0.1) is 0 Å². The molecule has 25 rings (SSSR count). The lowest BCUT2D eigenvalue weighted by atomic mass is 9.52. The summed E-state index contributed by atoms with van der Waals surface area (Å²) in [5.74, 6) is 22.3. The molecule has 18 bridgehead atoms. The number of carbonyl (C=O) groups is 2. The molecule has 23 saturated carbocycles. The molecule has 488 valence electrons. The summed E-state index contributed by atoms with van der Waals surface area (Å²) in [4.78, 5) is 26.9. The Labute approximate surface area is 536 Å². The van der Waals surface area contributed by atoms with Gasteiger partial charge in [0.25, 0.3) is 0 Å². The molecule has 0 aliphatic heterocycles. The second-order valence-electron chi connectivity index (χ2n) is 37.7. The zero-order valence-corrected chi connectivity index (χ0v) is 56.8. The van der Waals surface area contributed by atoms with Gasteiger partial charge in [-0.2, -0.15) is 0 Å². The summed E-state index contributed by atoms with van der Waals surface area (Å²) in [7, 11) is 0. The van der Waals surface area contributed by atoms with Crippen LogP contribution in [0.15, 0.2) is 12.2 Å². The Morgan fingerprint density at radius 3 is 0.678 bits per heavy atom. The Bertz CT molecular complexity index is 2080. The Morgan fingerprint density at radius 2 is 0.483 bits per heavy atom. The molecule has 0 aromatic heterocycles. The van der Waals surface area contributed by atoms with Crippen LogP contribution in [0, 0.1) is 140 Å². The second kappa shape index (κ2) is 27.4. The molecule has 0 saturated heterocycles. The van der Waals surface area contributed by atoms with Crippen LogP contribution >= 0.6 is 0 Å². The molecule has 0 amide bonds. The van der Waals surface area contributed by atoms with E-state index in [0.29, 0.717) is 0 Å². The summed E-state index contributed by atoms with van der Waals surface area (Å²) >= 11 is 0. The van der Waals surface area contributed by atoms with Crippen molar-refractivity contribution >= 4 is 11.6 Å². The van der Waals surface area contributed by atoms with Crippen molar-refractivity contribution in [1.29, 1.82) is 0 Å². The molecule has 23 fully saturated rings. The average Bonchev–Trinajstić information content (AvgIpc) is 1.63. The number of rotatable bonds is 0. The summed E-state index contributed by atoms with van der Waals surface area (Å²) < 4.78 is 0. The van der Waals surface area contributed by atoms with Crippen LogP contribution in [0.4, 0.5) is 0 Å². The van der Waals surface area contributed by atoms with Crippen LogP contribution < -0.4 is 0 Å². The highest BCUT2D eigenvalue weighted by Crippen LogP contribution is 2.73. The lowest BCUT2D eigenvalue weighted by Crippen LogP contribution is -2.52. The molecular weight excluding hydrogens is 1050 g/mol. The standard InChI is InChI=1S/C18H26O.C17H24O.C12H18.C8H14.C8H12.C7H12.C6H12.C5H10.C4H8/c19-16-17(10-12-2-4-14(17)8-12)6-1-7-18(16)11-13-3-5-15(18)9-13;18-15-16(9-11-1-3-13(16)7-11)5-6-17(15)10-12-2-4-14(17)8-12;1-2-8-5-7(1)11-9-3-4-10(6-9)12(8)11;2*1-2-8-5-3-7(1)4-6-8;1-2-7-4-3-6(1)5-7;1-2-4-6-5-3-1;1-2-4-5-3-1;1-2-4-3-1/h12-15H,1-11H2;11-14H,1-10H2;7-12H,1-6H2;7-8H,1-6H2;1-2,7-8H,3-6H2;6-7H,1-5H2;1-6H2;1-5H2;1-4H2. The first-order valence-electron chi connectivity index (χ1n) is 41.5. The molecule has 25 aliphatic carbocycles. The van der Waals surface area contributed by atoms with Gasteiger partial charge in [0.15, 0.2) is 0 Å². The van der Waals surface area contributed by atoms with E-state index in [4.69, 9.17) is 0 Å². The Morgan fingerprint density at radius 1 is 0.230 bits per heavy atom. The molecule has 87 heavy (non-hydrogen) atoms. The van der Waals surface area contributed by atoms with Crippen LogP contribution in [-0.4, -0.2) is 11.6 Å². The molecule has 4 spiro atoms. The van der Waals surface area contributed by atoms with E-state index in [0.717, 1.165) is 82.6 Å². The summed E-state index contributed by atoms with van der Waals surface area (Å²) in [6, 6.07) is 0. The molecule has 0 aromatic carbocycles. The molecule has 0 radical (unpaired) electrons. The minimum Gasteiger partial charge on any atom is -0.298 e. The summed E-state index contributed by atoms with van der Waals surface area (Å²) in [6.45, 7) is 0. The first kappa shape index (κ1) is 62.2. The molecule has 0 N–H and O–H groups in total. The summed E-state index contributed by atoms with van der Waals surface area (Å²) in [6.07, 6.45) is 88.5. The first-order valence-corrected chi connectivity index (χ1v) is 41.5. The van der Waals surface area contributed by atoms with E-state index in [1.54, 1.807) is 109 Å². The fourth-order valence-corrected chi connectivity index (χ4v) is 28.7. The van der Waals surface area contributed by atoms with Crippen molar-refractivity contribution in [3.8, 4) is 0 Å². The maximum absolute atomic E-state index is 13.6. The number of hydrogen-bond donors (Lipinski definition) is 0. The average molecular weight is 1190 g/mol. The topological polar surface area (TPSA) is 34.1 Å². The van der Waals surface area contributed by atoms with Crippen molar-refractivity contribution in [3.63, 3.8) is 0 Å². The fourth-order valence-electron chi connectivity index (χ4n) is 28.7. The van der Waals surface area contributed by atoms with Gasteiger partial charge in [-0.25, -0.2) is 0 Å². The van der Waals surface area contributed by atoms with E-state index >= 15 is 0 Å². The number of Topliss-reactive ketones (excluding diaryl/α,β-unsaturated/α-hetero) is 2. The molecule has 0 aromatic rings. The van der Waals surface area contributed by atoms with E-state index in [2.05, 4.69) is 12.2 Å². The van der Waals surface area contributed by atoms with Gasteiger partial charge in [0.2, 0.25) is 0 Å². The third-order valence-electron chi connectivity index (χ3n) is 33.4. The number of ketones is 2. The maximum atomic E-state index is 13.6. The van der Waals surface area contributed by atoms with Gasteiger partial charge in [0.1, 0.15) is 11.6 Å². The monoisotopic (exact) mass is 1190 g/mol. The van der Waals surface area contributed by atoms with Crippen molar-refractivity contribution in [2.24, 2.45) is 140 Å².